The molecule has 1 aromatic heterocycles. The number of benzene rings is 1. The fraction of sp³-hybridized carbons (Fsp3) is 0.412. The first-order chi connectivity index (χ1) is 11.9. The Bertz CT molecular complexity index is 732. The van der Waals surface area contributed by atoms with Gasteiger partial charge in [0.05, 0.1) is 5.25 Å². The molecule has 0 saturated heterocycles. The molecule has 0 aliphatic rings. The summed E-state index contributed by atoms with van der Waals surface area (Å²) in [5.41, 5.74) is 6.25. The van der Waals surface area contributed by atoms with E-state index in [1.54, 1.807) is 16.5 Å². The molecule has 134 valence electrons. The average Bonchev–Trinajstić information content (AvgIpc) is 2.93. The highest BCUT2D eigenvalue weighted by Gasteiger charge is 2.22. The number of carbonyl (C=O) groups excluding carboxylic acids is 2. The topological polar surface area (TPSA) is 94.1 Å². The number of primary amides is 1. The normalized spacial score (nSPS) is 12.0. The minimum Gasteiger partial charge on any atom is -0.370 e. The van der Waals surface area contributed by atoms with E-state index in [4.69, 9.17) is 5.73 Å². The molecule has 1 heterocycles. The van der Waals surface area contributed by atoms with E-state index >= 15 is 0 Å². The third kappa shape index (κ3) is 5.32. The van der Waals surface area contributed by atoms with Crippen molar-refractivity contribution in [3.05, 3.63) is 41.7 Å². The van der Waals surface area contributed by atoms with Crippen molar-refractivity contribution >= 4 is 23.6 Å². The van der Waals surface area contributed by atoms with Gasteiger partial charge in [0.25, 0.3) is 0 Å². The third-order valence-corrected chi connectivity index (χ3v) is 4.91. The predicted octanol–water partition coefficient (Wildman–Crippen LogP) is 1.37. The zero-order chi connectivity index (χ0) is 18.4. The number of hydrogen-bond acceptors (Lipinski definition) is 5. The Hall–Kier alpha value is -2.35. The van der Waals surface area contributed by atoms with Gasteiger partial charge in [-0.15, -0.1) is 10.2 Å². The first kappa shape index (κ1) is 19.0. The number of nitrogens with zero attached hydrogens (tertiary/aromatic N) is 4. The standard InChI is InChI=1S/C17H23N5O2S/c1-12(16(24)21(2)11-13-7-5-4-6-8-13)25-17-20-19-15(22(17)3)10-9-14(18)23/h4-8,12H,9-11H2,1-3H3,(H2,18,23)/t12-/m1/s1. The molecule has 0 aliphatic heterocycles. The summed E-state index contributed by atoms with van der Waals surface area (Å²) in [5, 5.41) is 8.54. The summed E-state index contributed by atoms with van der Waals surface area (Å²) in [7, 11) is 3.62. The lowest BCUT2D eigenvalue weighted by Gasteiger charge is -2.21. The van der Waals surface area contributed by atoms with Crippen LogP contribution in [0.3, 0.4) is 0 Å². The fourth-order valence-electron chi connectivity index (χ4n) is 2.35. The summed E-state index contributed by atoms with van der Waals surface area (Å²) in [6.07, 6.45) is 0.667. The second-order valence-electron chi connectivity index (χ2n) is 5.86. The Kier molecular flexibility index (Phi) is 6.58. The quantitative estimate of drug-likeness (QED) is 0.717. The van der Waals surface area contributed by atoms with Gasteiger partial charge in [-0.3, -0.25) is 9.59 Å². The second-order valence-corrected chi connectivity index (χ2v) is 7.17. The maximum atomic E-state index is 12.6. The molecular formula is C17H23N5O2S. The van der Waals surface area contributed by atoms with Crippen LogP contribution in [-0.4, -0.2) is 43.8 Å². The molecule has 25 heavy (non-hydrogen) atoms. The number of carbonyl (C=O) groups is 2. The molecule has 2 rings (SSSR count). The molecule has 2 amide bonds. The number of thioether (sulfide) groups is 1. The molecule has 0 radical (unpaired) electrons. The van der Waals surface area contributed by atoms with E-state index in [0.29, 0.717) is 23.9 Å². The van der Waals surface area contributed by atoms with Gasteiger partial charge in [0.15, 0.2) is 5.16 Å². The minimum atomic E-state index is -0.372. The third-order valence-electron chi connectivity index (χ3n) is 3.79. The molecule has 7 nitrogen and oxygen atoms in total. The van der Waals surface area contributed by atoms with E-state index in [-0.39, 0.29) is 23.5 Å². The van der Waals surface area contributed by atoms with Gasteiger partial charge in [0.2, 0.25) is 11.8 Å². The van der Waals surface area contributed by atoms with Crippen molar-refractivity contribution in [1.82, 2.24) is 19.7 Å². The summed E-state index contributed by atoms with van der Waals surface area (Å²) in [5.74, 6) is 0.331. The van der Waals surface area contributed by atoms with E-state index in [0.717, 1.165) is 5.56 Å². The summed E-state index contributed by atoms with van der Waals surface area (Å²) >= 11 is 1.35. The van der Waals surface area contributed by atoms with Crippen molar-refractivity contribution in [3.63, 3.8) is 0 Å². The maximum absolute atomic E-state index is 12.6. The fourth-order valence-corrected chi connectivity index (χ4v) is 3.30. The monoisotopic (exact) mass is 361 g/mol. The molecular weight excluding hydrogens is 338 g/mol. The van der Waals surface area contributed by atoms with Crippen molar-refractivity contribution in [2.45, 2.75) is 36.7 Å². The summed E-state index contributed by atoms with van der Waals surface area (Å²) < 4.78 is 1.80. The average molecular weight is 361 g/mol. The molecule has 0 unspecified atom stereocenters. The predicted molar refractivity (Wildman–Crippen MR) is 96.8 cm³/mol. The van der Waals surface area contributed by atoms with E-state index in [9.17, 15) is 9.59 Å². The van der Waals surface area contributed by atoms with Crippen LogP contribution in [0.5, 0.6) is 0 Å². The molecule has 1 aromatic carbocycles. The highest BCUT2D eigenvalue weighted by molar-refractivity contribution is 8.00. The van der Waals surface area contributed by atoms with Gasteiger partial charge in [0, 0.05) is 33.5 Å². The van der Waals surface area contributed by atoms with Crippen LogP contribution < -0.4 is 5.73 Å². The number of rotatable bonds is 8. The van der Waals surface area contributed by atoms with Crippen LogP contribution in [0.25, 0.3) is 0 Å². The SMILES string of the molecule is C[C@@H](Sc1nnc(CCC(N)=O)n1C)C(=O)N(C)Cc1ccccc1. The zero-order valence-electron chi connectivity index (χ0n) is 14.7. The molecule has 0 bridgehead atoms. The molecule has 2 N–H and O–H groups in total. The lowest BCUT2D eigenvalue weighted by atomic mass is 10.2. The van der Waals surface area contributed by atoms with E-state index < -0.39 is 0 Å². The van der Waals surface area contributed by atoms with E-state index in [2.05, 4.69) is 10.2 Å². The highest BCUT2D eigenvalue weighted by Crippen LogP contribution is 2.23. The Morgan fingerprint density at radius 3 is 2.60 bits per heavy atom. The Labute approximate surface area is 151 Å². The highest BCUT2D eigenvalue weighted by atomic mass is 32.2. The van der Waals surface area contributed by atoms with Gasteiger partial charge in [-0.2, -0.15) is 0 Å². The van der Waals surface area contributed by atoms with Crippen LogP contribution in [-0.2, 0) is 29.6 Å². The maximum Gasteiger partial charge on any atom is 0.235 e. The first-order valence-electron chi connectivity index (χ1n) is 8.00. The molecule has 0 fully saturated rings. The first-order valence-corrected chi connectivity index (χ1v) is 8.88. The second kappa shape index (κ2) is 8.66. The summed E-state index contributed by atoms with van der Waals surface area (Å²) in [6, 6.07) is 9.86. The van der Waals surface area contributed by atoms with Crippen molar-refractivity contribution in [1.29, 1.82) is 0 Å². The zero-order valence-corrected chi connectivity index (χ0v) is 15.5. The van der Waals surface area contributed by atoms with E-state index in [1.807, 2.05) is 44.3 Å². The van der Waals surface area contributed by atoms with Crippen LogP contribution in [0.2, 0.25) is 0 Å². The summed E-state index contributed by atoms with van der Waals surface area (Å²) in [4.78, 5) is 25.2. The van der Waals surface area contributed by atoms with Crippen molar-refractivity contribution in [2.24, 2.45) is 12.8 Å². The number of aryl methyl sites for hydroxylation is 1. The summed E-state index contributed by atoms with van der Waals surface area (Å²) in [6.45, 7) is 2.42. The van der Waals surface area contributed by atoms with Crippen LogP contribution >= 0.6 is 11.8 Å². The van der Waals surface area contributed by atoms with Crippen LogP contribution in [0, 0.1) is 0 Å². The Morgan fingerprint density at radius 2 is 1.96 bits per heavy atom. The van der Waals surface area contributed by atoms with Crippen molar-refractivity contribution in [3.8, 4) is 0 Å². The Morgan fingerprint density at radius 1 is 1.28 bits per heavy atom. The van der Waals surface area contributed by atoms with Crippen molar-refractivity contribution in [2.75, 3.05) is 7.05 Å². The number of nitrogens with two attached hydrogens (primary N) is 1. The largest absolute Gasteiger partial charge is 0.370 e. The van der Waals surface area contributed by atoms with Gasteiger partial charge >= 0.3 is 0 Å². The number of hydrogen-bond donors (Lipinski definition) is 1. The smallest absolute Gasteiger partial charge is 0.235 e. The molecule has 1 atom stereocenters. The van der Waals surface area contributed by atoms with Gasteiger partial charge in [-0.1, -0.05) is 42.1 Å². The minimum absolute atomic E-state index is 0.0236. The molecule has 0 spiro atoms. The van der Waals surface area contributed by atoms with Crippen molar-refractivity contribution < 1.29 is 9.59 Å². The van der Waals surface area contributed by atoms with Crippen LogP contribution in [0.4, 0.5) is 0 Å². The lowest BCUT2D eigenvalue weighted by Crippen LogP contribution is -2.32. The van der Waals surface area contributed by atoms with Gasteiger partial charge in [0.1, 0.15) is 5.82 Å². The lowest BCUT2D eigenvalue weighted by molar-refractivity contribution is -0.129. The van der Waals surface area contributed by atoms with Gasteiger partial charge < -0.3 is 15.2 Å². The van der Waals surface area contributed by atoms with Crippen LogP contribution in [0.1, 0.15) is 24.7 Å². The molecule has 0 aliphatic carbocycles. The number of aromatic nitrogens is 3. The van der Waals surface area contributed by atoms with Crippen LogP contribution in [0.15, 0.2) is 35.5 Å². The Balaban J connectivity index is 1.95. The van der Waals surface area contributed by atoms with Gasteiger partial charge in [-0.05, 0) is 12.5 Å². The van der Waals surface area contributed by atoms with E-state index in [1.165, 1.54) is 11.8 Å². The molecule has 2 aromatic rings. The number of amides is 2. The molecule has 8 heteroatoms. The molecule has 0 saturated carbocycles. The van der Waals surface area contributed by atoms with Gasteiger partial charge in [-0.25, -0.2) is 0 Å².